The first-order valence-corrected chi connectivity index (χ1v) is 6.87. The molecule has 2 nitrogen and oxygen atoms in total. The summed E-state index contributed by atoms with van der Waals surface area (Å²) in [7, 11) is 0. The first-order valence-electron chi connectivity index (χ1n) is 6.87. The fourth-order valence-electron chi connectivity index (χ4n) is 2.32. The smallest absolute Gasteiger partial charge is 0.122 e. The third-order valence-electron chi connectivity index (χ3n) is 3.85. The molecule has 0 N–H and O–H groups in total. The highest BCUT2D eigenvalue weighted by molar-refractivity contribution is 5.53. The number of aldehydes is 1. The predicted octanol–water partition coefficient (Wildman–Crippen LogP) is 3.87. The van der Waals surface area contributed by atoms with Gasteiger partial charge in [0.15, 0.2) is 0 Å². The summed E-state index contributed by atoms with van der Waals surface area (Å²) < 4.78 is 5.95. The van der Waals surface area contributed by atoms with Gasteiger partial charge in [0.25, 0.3) is 0 Å². The molecule has 0 heterocycles. The van der Waals surface area contributed by atoms with Gasteiger partial charge in [0.05, 0.1) is 6.61 Å². The molecule has 0 bridgehead atoms. The number of carbonyl (C=O) groups is 1. The molecule has 0 aromatic heterocycles. The molecule has 1 fully saturated rings. The minimum Gasteiger partial charge on any atom is -0.493 e. The average Bonchev–Trinajstić information content (AvgIpc) is 2.29. The zero-order valence-corrected chi connectivity index (χ0v) is 11.3. The summed E-state index contributed by atoms with van der Waals surface area (Å²) in [5, 5.41) is 0. The van der Waals surface area contributed by atoms with Gasteiger partial charge in [-0.2, -0.15) is 0 Å². The lowest BCUT2D eigenvalue weighted by molar-refractivity contribution is -0.108. The maximum absolute atomic E-state index is 10.7. The summed E-state index contributed by atoms with van der Waals surface area (Å²) >= 11 is 0. The van der Waals surface area contributed by atoms with Gasteiger partial charge < -0.3 is 9.53 Å². The van der Waals surface area contributed by atoms with Crippen LogP contribution in [0.1, 0.15) is 49.7 Å². The number of rotatable bonds is 6. The number of ether oxygens (including phenoxy) is 1. The molecule has 1 unspecified atom stereocenters. The van der Waals surface area contributed by atoms with Crippen LogP contribution in [0.4, 0.5) is 0 Å². The van der Waals surface area contributed by atoms with E-state index in [0.717, 1.165) is 24.6 Å². The number of carbonyl (C=O) groups excluding carboxylic acids is 1. The number of hydrogen-bond donors (Lipinski definition) is 0. The molecule has 0 aliphatic heterocycles. The Labute approximate surface area is 109 Å². The maximum atomic E-state index is 10.7. The highest BCUT2D eigenvalue weighted by atomic mass is 16.5. The van der Waals surface area contributed by atoms with E-state index in [1.54, 1.807) is 0 Å². The quantitative estimate of drug-likeness (QED) is 0.712. The van der Waals surface area contributed by atoms with E-state index in [1.165, 1.54) is 30.4 Å². The van der Waals surface area contributed by atoms with Gasteiger partial charge in [-0.25, -0.2) is 0 Å². The third-order valence-corrected chi connectivity index (χ3v) is 3.85. The van der Waals surface area contributed by atoms with Crippen molar-refractivity contribution in [3.63, 3.8) is 0 Å². The zero-order valence-electron chi connectivity index (χ0n) is 11.3. The molecule has 0 saturated heterocycles. The van der Waals surface area contributed by atoms with Crippen LogP contribution in [0.3, 0.4) is 0 Å². The second kappa shape index (κ2) is 6.03. The minimum absolute atomic E-state index is 0.235. The zero-order chi connectivity index (χ0) is 13.0. The summed E-state index contributed by atoms with van der Waals surface area (Å²) in [5.41, 5.74) is 2.39. The van der Waals surface area contributed by atoms with Gasteiger partial charge in [-0.05, 0) is 43.2 Å². The summed E-state index contributed by atoms with van der Waals surface area (Å²) in [6.07, 6.45) is 5.48. The maximum Gasteiger partial charge on any atom is 0.122 e. The predicted molar refractivity (Wildman–Crippen MR) is 73.1 cm³/mol. The molecule has 2 rings (SSSR count). The van der Waals surface area contributed by atoms with Crippen molar-refractivity contribution in [2.24, 2.45) is 5.92 Å². The van der Waals surface area contributed by atoms with Crippen molar-refractivity contribution in [2.45, 2.75) is 45.4 Å². The van der Waals surface area contributed by atoms with Crippen molar-refractivity contribution >= 4 is 6.29 Å². The first-order chi connectivity index (χ1) is 8.70. The Kier molecular flexibility index (Phi) is 4.40. The highest BCUT2D eigenvalue weighted by Gasteiger charge is 2.19. The molecular weight excluding hydrogens is 224 g/mol. The molecule has 0 radical (unpaired) electrons. The summed E-state index contributed by atoms with van der Waals surface area (Å²) in [6.45, 7) is 4.98. The molecule has 1 saturated carbocycles. The van der Waals surface area contributed by atoms with E-state index in [0.29, 0.717) is 6.42 Å². The van der Waals surface area contributed by atoms with Crippen molar-refractivity contribution in [2.75, 3.05) is 6.61 Å². The lowest BCUT2D eigenvalue weighted by Crippen LogP contribution is -2.19. The number of benzene rings is 1. The molecule has 0 spiro atoms. The Hall–Kier alpha value is -1.31. The summed E-state index contributed by atoms with van der Waals surface area (Å²) in [4.78, 5) is 10.7. The Morgan fingerprint density at radius 2 is 2.22 bits per heavy atom. The Morgan fingerprint density at radius 1 is 1.44 bits per heavy atom. The highest BCUT2D eigenvalue weighted by Crippen LogP contribution is 2.32. The lowest BCUT2D eigenvalue weighted by atomic mass is 9.86. The second-order valence-corrected chi connectivity index (χ2v) is 5.45. The van der Waals surface area contributed by atoms with Crippen molar-refractivity contribution in [1.82, 2.24) is 0 Å². The van der Waals surface area contributed by atoms with Gasteiger partial charge in [-0.1, -0.05) is 31.0 Å². The van der Waals surface area contributed by atoms with Crippen LogP contribution >= 0.6 is 0 Å². The summed E-state index contributed by atoms with van der Waals surface area (Å²) in [6, 6.07) is 6.27. The van der Waals surface area contributed by atoms with Crippen LogP contribution in [0.5, 0.6) is 5.75 Å². The fourth-order valence-corrected chi connectivity index (χ4v) is 2.32. The summed E-state index contributed by atoms with van der Waals surface area (Å²) in [5.74, 6) is 1.93. The normalized spacial score (nSPS) is 17.0. The Balaban J connectivity index is 2.08. The van der Waals surface area contributed by atoms with Crippen molar-refractivity contribution in [1.29, 1.82) is 0 Å². The van der Waals surface area contributed by atoms with Crippen LogP contribution < -0.4 is 4.74 Å². The molecular formula is C16H22O2. The topological polar surface area (TPSA) is 26.3 Å². The van der Waals surface area contributed by atoms with Gasteiger partial charge in [0.1, 0.15) is 12.0 Å². The molecule has 0 amide bonds. The molecule has 1 aromatic carbocycles. The molecule has 1 aliphatic carbocycles. The van der Waals surface area contributed by atoms with Crippen LogP contribution in [0.25, 0.3) is 0 Å². The molecule has 1 atom stereocenters. The van der Waals surface area contributed by atoms with Crippen LogP contribution in [0, 0.1) is 12.8 Å². The van der Waals surface area contributed by atoms with Gasteiger partial charge in [0.2, 0.25) is 0 Å². The van der Waals surface area contributed by atoms with Crippen LogP contribution in [-0.2, 0) is 4.79 Å². The second-order valence-electron chi connectivity index (χ2n) is 5.45. The fraction of sp³-hybridized carbons (Fsp3) is 0.562. The van der Waals surface area contributed by atoms with Crippen LogP contribution in [0.15, 0.2) is 18.2 Å². The molecule has 18 heavy (non-hydrogen) atoms. The number of aryl methyl sites for hydroxylation is 1. The minimum atomic E-state index is 0.235. The Bertz CT molecular complexity index is 408. The van der Waals surface area contributed by atoms with E-state index in [-0.39, 0.29) is 5.92 Å². The van der Waals surface area contributed by atoms with Gasteiger partial charge >= 0.3 is 0 Å². The van der Waals surface area contributed by atoms with Gasteiger partial charge in [0, 0.05) is 6.42 Å². The molecule has 1 aliphatic rings. The first kappa shape index (κ1) is 13.1. The van der Waals surface area contributed by atoms with E-state index in [9.17, 15) is 4.79 Å². The van der Waals surface area contributed by atoms with Gasteiger partial charge in [-0.3, -0.25) is 0 Å². The van der Waals surface area contributed by atoms with E-state index in [4.69, 9.17) is 4.74 Å². The van der Waals surface area contributed by atoms with E-state index >= 15 is 0 Å². The van der Waals surface area contributed by atoms with E-state index in [1.807, 2.05) is 6.07 Å². The van der Waals surface area contributed by atoms with E-state index in [2.05, 4.69) is 26.0 Å². The molecule has 1 aromatic rings. The van der Waals surface area contributed by atoms with Crippen LogP contribution in [0.2, 0.25) is 0 Å². The third kappa shape index (κ3) is 3.12. The Morgan fingerprint density at radius 3 is 2.83 bits per heavy atom. The van der Waals surface area contributed by atoms with Gasteiger partial charge in [-0.15, -0.1) is 0 Å². The van der Waals surface area contributed by atoms with E-state index < -0.39 is 0 Å². The molecule has 2 heteroatoms. The van der Waals surface area contributed by atoms with Crippen molar-refractivity contribution < 1.29 is 9.53 Å². The monoisotopic (exact) mass is 246 g/mol. The van der Waals surface area contributed by atoms with Crippen LogP contribution in [-0.4, -0.2) is 12.9 Å². The standard InChI is InChI=1S/C16H22O2/c1-12-6-7-16(18-11-14-4-3-5-14)15(10-12)13(2)8-9-17/h6-7,9-10,13-14H,3-5,8,11H2,1-2H3. The average molecular weight is 246 g/mol. The number of hydrogen-bond acceptors (Lipinski definition) is 2. The SMILES string of the molecule is Cc1ccc(OCC2CCC2)c(C(C)CC=O)c1. The lowest BCUT2D eigenvalue weighted by Gasteiger charge is -2.26. The van der Waals surface area contributed by atoms with Crippen molar-refractivity contribution in [3.8, 4) is 5.75 Å². The van der Waals surface area contributed by atoms with Crippen molar-refractivity contribution in [3.05, 3.63) is 29.3 Å². The largest absolute Gasteiger partial charge is 0.493 e. The molecule has 98 valence electrons.